The molecule has 1 amide bonds. The van der Waals surface area contributed by atoms with Crippen LogP contribution in [0.4, 0.5) is 5.69 Å². The molecule has 1 aliphatic rings. The van der Waals surface area contributed by atoms with Crippen LogP contribution in [0.15, 0.2) is 84.3 Å². The summed E-state index contributed by atoms with van der Waals surface area (Å²) in [6.07, 6.45) is 2.46. The second-order valence-corrected chi connectivity index (χ2v) is 10.4. The lowest BCUT2D eigenvalue weighted by Gasteiger charge is -2.22. The van der Waals surface area contributed by atoms with E-state index in [1.165, 1.54) is 11.1 Å². The van der Waals surface area contributed by atoms with E-state index in [1.54, 1.807) is 30.3 Å². The number of aryl methyl sites for hydroxylation is 1. The molecule has 1 N–H and O–H groups in total. The van der Waals surface area contributed by atoms with Gasteiger partial charge in [-0.15, -0.1) is 0 Å². The van der Waals surface area contributed by atoms with Crippen LogP contribution in [0.1, 0.15) is 33.5 Å². The van der Waals surface area contributed by atoms with Crippen molar-refractivity contribution in [3.8, 4) is 0 Å². The van der Waals surface area contributed by atoms with Gasteiger partial charge < -0.3 is 4.90 Å². The number of amides is 1. The molecule has 1 heterocycles. The van der Waals surface area contributed by atoms with E-state index in [4.69, 9.17) is 0 Å². The number of hydrogen-bond acceptors (Lipinski definition) is 4. The van der Waals surface area contributed by atoms with Crippen molar-refractivity contribution in [1.82, 2.24) is 9.80 Å². The van der Waals surface area contributed by atoms with Crippen LogP contribution in [0.5, 0.6) is 0 Å². The Hall–Kier alpha value is -3.42. The van der Waals surface area contributed by atoms with Gasteiger partial charge in [-0.2, -0.15) is 0 Å². The molecule has 0 aliphatic carbocycles. The van der Waals surface area contributed by atoms with E-state index in [9.17, 15) is 13.2 Å². The molecule has 0 radical (unpaired) electrons. The van der Waals surface area contributed by atoms with Crippen LogP contribution >= 0.6 is 0 Å². The Morgan fingerprint density at radius 1 is 0.886 bits per heavy atom. The van der Waals surface area contributed by atoms with Crippen molar-refractivity contribution in [1.29, 1.82) is 0 Å². The van der Waals surface area contributed by atoms with Crippen molar-refractivity contribution >= 4 is 27.7 Å². The molecule has 4 rings (SSSR count). The molecule has 0 aromatic heterocycles. The molecule has 0 saturated carbocycles. The van der Waals surface area contributed by atoms with Crippen molar-refractivity contribution in [2.75, 3.05) is 30.9 Å². The number of carbonyl (C=O) groups is 1. The lowest BCUT2D eigenvalue weighted by atomic mass is 10.1. The minimum absolute atomic E-state index is 0.0267. The Morgan fingerprint density at radius 3 is 2.34 bits per heavy atom. The molecule has 6 nitrogen and oxygen atoms in total. The number of anilines is 1. The number of benzene rings is 3. The summed E-state index contributed by atoms with van der Waals surface area (Å²) in [4.78, 5) is 17.4. The minimum atomic E-state index is -3.66. The van der Waals surface area contributed by atoms with E-state index in [1.807, 2.05) is 35.2 Å². The Bertz CT molecular complexity index is 1270. The first kappa shape index (κ1) is 24.7. The standard InChI is InChI=1S/C28H31N3O3S/c1-23-8-5-6-11-26(23)22-30-17-7-18-31(20-19-30)28(32)25-12-14-27(15-13-25)29-35(33,34)21-16-24-9-3-2-4-10-24/h2-6,8-16,21,29H,7,17-20,22H2,1H3/b21-16+. The third kappa shape index (κ3) is 7.04. The second kappa shape index (κ2) is 11.3. The molecule has 0 spiro atoms. The molecule has 1 saturated heterocycles. The van der Waals surface area contributed by atoms with Crippen molar-refractivity contribution in [2.24, 2.45) is 0 Å². The maximum Gasteiger partial charge on any atom is 0.255 e. The highest BCUT2D eigenvalue weighted by Crippen LogP contribution is 2.17. The minimum Gasteiger partial charge on any atom is -0.337 e. The van der Waals surface area contributed by atoms with E-state index in [-0.39, 0.29) is 5.91 Å². The quantitative estimate of drug-likeness (QED) is 0.520. The zero-order valence-corrected chi connectivity index (χ0v) is 20.7. The summed E-state index contributed by atoms with van der Waals surface area (Å²) in [5.41, 5.74) is 4.38. The Labute approximate surface area is 207 Å². The molecule has 1 aliphatic heterocycles. The van der Waals surface area contributed by atoms with Gasteiger partial charge in [0.1, 0.15) is 0 Å². The smallest absolute Gasteiger partial charge is 0.255 e. The average Bonchev–Trinajstić information content (AvgIpc) is 3.10. The molecule has 7 heteroatoms. The number of carbonyl (C=O) groups excluding carboxylic acids is 1. The lowest BCUT2D eigenvalue weighted by Crippen LogP contribution is -2.35. The number of sulfonamides is 1. The Kier molecular flexibility index (Phi) is 8.00. The SMILES string of the molecule is Cc1ccccc1CN1CCCN(C(=O)c2ccc(NS(=O)(=O)/C=C/c3ccccc3)cc2)CC1. The summed E-state index contributed by atoms with van der Waals surface area (Å²) in [5.74, 6) is -0.0267. The van der Waals surface area contributed by atoms with Crippen LogP contribution < -0.4 is 4.72 Å². The Balaban J connectivity index is 1.33. The van der Waals surface area contributed by atoms with Gasteiger partial charge in [-0.05, 0) is 60.4 Å². The fourth-order valence-electron chi connectivity index (χ4n) is 4.15. The van der Waals surface area contributed by atoms with E-state index >= 15 is 0 Å². The summed E-state index contributed by atoms with van der Waals surface area (Å²) in [6.45, 7) is 6.18. The van der Waals surface area contributed by atoms with E-state index in [2.05, 4.69) is 40.8 Å². The number of rotatable bonds is 7. The molecular formula is C28H31N3O3S. The molecule has 0 bridgehead atoms. The predicted molar refractivity (Wildman–Crippen MR) is 141 cm³/mol. The monoisotopic (exact) mass is 489 g/mol. The maximum atomic E-state index is 13.1. The molecule has 0 unspecified atom stereocenters. The van der Waals surface area contributed by atoms with Crippen LogP contribution in [0.3, 0.4) is 0 Å². The third-order valence-corrected chi connectivity index (χ3v) is 7.18. The van der Waals surface area contributed by atoms with Gasteiger partial charge in [0.25, 0.3) is 15.9 Å². The predicted octanol–water partition coefficient (Wildman–Crippen LogP) is 4.76. The van der Waals surface area contributed by atoms with Gasteiger partial charge in [-0.3, -0.25) is 14.4 Å². The maximum absolute atomic E-state index is 13.1. The second-order valence-electron chi connectivity index (χ2n) is 8.79. The first-order valence-corrected chi connectivity index (χ1v) is 13.4. The molecular weight excluding hydrogens is 458 g/mol. The van der Waals surface area contributed by atoms with Gasteiger partial charge in [-0.1, -0.05) is 54.6 Å². The molecule has 0 atom stereocenters. The van der Waals surface area contributed by atoms with Gasteiger partial charge in [0.05, 0.1) is 5.41 Å². The van der Waals surface area contributed by atoms with Gasteiger partial charge in [-0.25, -0.2) is 8.42 Å². The van der Waals surface area contributed by atoms with Gasteiger partial charge >= 0.3 is 0 Å². The van der Waals surface area contributed by atoms with Gasteiger partial charge in [0.15, 0.2) is 0 Å². The van der Waals surface area contributed by atoms with Crippen LogP contribution in [0, 0.1) is 6.92 Å². The molecule has 182 valence electrons. The summed E-state index contributed by atoms with van der Waals surface area (Å²) in [7, 11) is -3.66. The summed E-state index contributed by atoms with van der Waals surface area (Å²) in [6, 6.07) is 24.3. The summed E-state index contributed by atoms with van der Waals surface area (Å²) >= 11 is 0. The molecule has 35 heavy (non-hydrogen) atoms. The highest BCUT2D eigenvalue weighted by atomic mass is 32.2. The average molecular weight is 490 g/mol. The highest BCUT2D eigenvalue weighted by molar-refractivity contribution is 7.95. The molecule has 1 fully saturated rings. The van der Waals surface area contributed by atoms with Crippen molar-refractivity contribution in [3.63, 3.8) is 0 Å². The fraction of sp³-hybridized carbons (Fsp3) is 0.250. The van der Waals surface area contributed by atoms with Crippen molar-refractivity contribution in [3.05, 3.63) is 107 Å². The Morgan fingerprint density at radius 2 is 1.60 bits per heavy atom. The van der Waals surface area contributed by atoms with E-state index in [0.29, 0.717) is 24.3 Å². The van der Waals surface area contributed by atoms with Gasteiger partial charge in [0, 0.05) is 44.0 Å². The number of hydrogen-bond donors (Lipinski definition) is 1. The lowest BCUT2D eigenvalue weighted by molar-refractivity contribution is 0.0761. The molecule has 3 aromatic rings. The number of nitrogens with zero attached hydrogens (tertiary/aromatic N) is 2. The topological polar surface area (TPSA) is 69.7 Å². The number of nitrogens with one attached hydrogen (secondary N) is 1. The summed E-state index contributed by atoms with van der Waals surface area (Å²) < 4.78 is 27.3. The zero-order chi connectivity index (χ0) is 24.7. The van der Waals surface area contributed by atoms with Crippen LogP contribution in [0.25, 0.3) is 6.08 Å². The first-order valence-electron chi connectivity index (χ1n) is 11.8. The van der Waals surface area contributed by atoms with Crippen LogP contribution in [0.2, 0.25) is 0 Å². The molecule has 3 aromatic carbocycles. The van der Waals surface area contributed by atoms with E-state index in [0.717, 1.165) is 37.0 Å². The van der Waals surface area contributed by atoms with Crippen molar-refractivity contribution in [2.45, 2.75) is 19.9 Å². The highest BCUT2D eigenvalue weighted by Gasteiger charge is 2.21. The van der Waals surface area contributed by atoms with Crippen molar-refractivity contribution < 1.29 is 13.2 Å². The summed E-state index contributed by atoms with van der Waals surface area (Å²) in [5, 5.41) is 1.14. The third-order valence-electron chi connectivity index (χ3n) is 6.16. The normalized spacial score (nSPS) is 15.2. The van der Waals surface area contributed by atoms with Gasteiger partial charge in [0.2, 0.25) is 0 Å². The van der Waals surface area contributed by atoms with E-state index < -0.39 is 10.0 Å². The first-order chi connectivity index (χ1) is 16.9. The zero-order valence-electron chi connectivity index (χ0n) is 19.9. The fourth-order valence-corrected chi connectivity index (χ4v) is 5.02. The largest absolute Gasteiger partial charge is 0.337 e. The van der Waals surface area contributed by atoms with Crippen LogP contribution in [-0.4, -0.2) is 50.3 Å². The van der Waals surface area contributed by atoms with Crippen LogP contribution in [-0.2, 0) is 16.6 Å².